The van der Waals surface area contributed by atoms with Crippen LogP contribution in [0.25, 0.3) is 0 Å². The molecule has 9 heteroatoms. The van der Waals surface area contributed by atoms with Crippen molar-refractivity contribution in [2.45, 2.75) is 32.4 Å². The fourth-order valence-electron chi connectivity index (χ4n) is 3.05. The molecule has 1 heterocycles. The molecule has 29 heavy (non-hydrogen) atoms. The number of hydrogen-bond donors (Lipinski definition) is 1. The van der Waals surface area contributed by atoms with Gasteiger partial charge in [0.25, 0.3) is 0 Å². The maximum absolute atomic E-state index is 12.3. The van der Waals surface area contributed by atoms with Crippen molar-refractivity contribution in [3.05, 3.63) is 24.3 Å². The lowest BCUT2D eigenvalue weighted by Gasteiger charge is -2.38. The zero-order chi connectivity index (χ0) is 20.8. The largest absolute Gasteiger partial charge is 0.495 e. The number of methoxy groups -OCH3 is 1. The first-order chi connectivity index (χ1) is 13.2. The molecule has 0 radical (unpaired) electrons. The van der Waals surface area contributed by atoms with Crippen LogP contribution >= 0.6 is 24.0 Å². The summed E-state index contributed by atoms with van der Waals surface area (Å²) < 4.78 is 29.3. The summed E-state index contributed by atoms with van der Waals surface area (Å²) in [6.45, 7) is 11.6. The molecular formula is C20H35IN4O3S. The Morgan fingerprint density at radius 1 is 1.17 bits per heavy atom. The van der Waals surface area contributed by atoms with Crippen LogP contribution < -0.4 is 15.0 Å². The van der Waals surface area contributed by atoms with Gasteiger partial charge in [-0.2, -0.15) is 0 Å². The molecule has 0 unspecified atom stereocenters. The third-order valence-electron chi connectivity index (χ3n) is 4.89. The van der Waals surface area contributed by atoms with Crippen molar-refractivity contribution in [2.75, 3.05) is 57.0 Å². The topological polar surface area (TPSA) is 74.2 Å². The van der Waals surface area contributed by atoms with Crippen LogP contribution in [0.4, 0.5) is 5.69 Å². The molecule has 1 N–H and O–H groups in total. The highest BCUT2D eigenvalue weighted by atomic mass is 127. The molecule has 2 rings (SSSR count). The number of rotatable bonds is 6. The average Bonchev–Trinajstić information content (AvgIpc) is 2.66. The summed E-state index contributed by atoms with van der Waals surface area (Å²) >= 11 is 0. The van der Waals surface area contributed by atoms with Gasteiger partial charge in [0, 0.05) is 32.7 Å². The highest BCUT2D eigenvalue weighted by Crippen LogP contribution is 2.28. The normalized spacial score (nSPS) is 15.7. The van der Waals surface area contributed by atoms with Crippen LogP contribution in [0.2, 0.25) is 0 Å². The first-order valence-corrected chi connectivity index (χ1v) is 11.5. The van der Waals surface area contributed by atoms with Gasteiger partial charge in [-0.3, -0.25) is 4.99 Å². The van der Waals surface area contributed by atoms with Gasteiger partial charge in [-0.15, -0.1) is 24.0 Å². The zero-order valence-corrected chi connectivity index (χ0v) is 21.3. The molecule has 0 spiro atoms. The standard InChI is InChI=1S/C20H34N4O3S.HI/c1-6-21-19(22-11-16-28(25,26)20(2,3)4)24-14-12-23(13-15-24)17-9-7-8-10-18(17)27-5;/h7-10H,6,11-16H2,1-5H3,(H,21,22);1H. The number of para-hydroxylation sites is 2. The Morgan fingerprint density at radius 2 is 1.79 bits per heavy atom. The summed E-state index contributed by atoms with van der Waals surface area (Å²) in [5.74, 6) is 1.72. The van der Waals surface area contributed by atoms with E-state index >= 15 is 0 Å². The van der Waals surface area contributed by atoms with E-state index in [1.54, 1.807) is 27.9 Å². The van der Waals surface area contributed by atoms with Crippen molar-refractivity contribution >= 4 is 45.5 Å². The molecule has 166 valence electrons. The van der Waals surface area contributed by atoms with Crippen LogP contribution in [0.3, 0.4) is 0 Å². The second-order valence-electron chi connectivity index (χ2n) is 7.81. The van der Waals surface area contributed by atoms with Crippen LogP contribution in [0.15, 0.2) is 29.3 Å². The van der Waals surface area contributed by atoms with E-state index in [-0.39, 0.29) is 36.3 Å². The van der Waals surface area contributed by atoms with Gasteiger partial charge in [0.1, 0.15) is 5.75 Å². The average molecular weight is 538 g/mol. The summed E-state index contributed by atoms with van der Waals surface area (Å²) in [6, 6.07) is 8.04. The molecule has 0 atom stereocenters. The number of sulfone groups is 1. The maximum Gasteiger partial charge on any atom is 0.194 e. The van der Waals surface area contributed by atoms with E-state index in [1.807, 2.05) is 25.1 Å². The number of hydrogen-bond acceptors (Lipinski definition) is 5. The Balaban J connectivity index is 0.00000420. The molecule has 1 aromatic carbocycles. The first kappa shape index (κ1) is 25.8. The van der Waals surface area contributed by atoms with Gasteiger partial charge in [0.15, 0.2) is 15.8 Å². The highest BCUT2D eigenvalue weighted by molar-refractivity contribution is 14.0. The third kappa shape index (κ3) is 6.91. The van der Waals surface area contributed by atoms with Crippen LogP contribution in [-0.4, -0.2) is 76.2 Å². The Hall–Kier alpha value is -1.23. The van der Waals surface area contributed by atoms with Crippen molar-refractivity contribution in [3.8, 4) is 5.75 Å². The first-order valence-electron chi connectivity index (χ1n) is 9.83. The fourth-order valence-corrected chi connectivity index (χ4v) is 4.00. The molecule has 7 nitrogen and oxygen atoms in total. The van der Waals surface area contributed by atoms with Crippen molar-refractivity contribution in [1.29, 1.82) is 0 Å². The van der Waals surface area contributed by atoms with Crippen molar-refractivity contribution < 1.29 is 13.2 Å². The van der Waals surface area contributed by atoms with Crippen molar-refractivity contribution in [3.63, 3.8) is 0 Å². The van der Waals surface area contributed by atoms with Crippen molar-refractivity contribution in [1.82, 2.24) is 10.2 Å². The number of guanidine groups is 1. The molecule has 0 bridgehead atoms. The number of nitrogens with one attached hydrogen (secondary N) is 1. The van der Waals surface area contributed by atoms with E-state index < -0.39 is 14.6 Å². The summed E-state index contributed by atoms with van der Waals surface area (Å²) in [6.07, 6.45) is 0. The number of nitrogens with zero attached hydrogens (tertiary/aromatic N) is 3. The number of aliphatic imine (C=N–C) groups is 1. The molecule has 1 fully saturated rings. The van der Waals surface area contributed by atoms with Gasteiger partial charge in [0.05, 0.1) is 29.8 Å². The molecule has 1 aromatic rings. The van der Waals surface area contributed by atoms with E-state index in [1.165, 1.54) is 0 Å². The number of ether oxygens (including phenoxy) is 1. The molecule has 0 aliphatic carbocycles. The van der Waals surface area contributed by atoms with E-state index in [4.69, 9.17) is 4.74 Å². The SMILES string of the molecule is CCNC(=NCCS(=O)(=O)C(C)(C)C)N1CCN(c2ccccc2OC)CC1.I. The fraction of sp³-hybridized carbons (Fsp3) is 0.650. The second kappa shape index (κ2) is 11.2. The summed E-state index contributed by atoms with van der Waals surface area (Å²) in [4.78, 5) is 9.08. The van der Waals surface area contributed by atoms with E-state index in [2.05, 4.69) is 26.2 Å². The van der Waals surface area contributed by atoms with Crippen LogP contribution in [-0.2, 0) is 9.84 Å². The lowest BCUT2D eigenvalue weighted by molar-refractivity contribution is 0.367. The smallest absolute Gasteiger partial charge is 0.194 e. The molecule has 0 amide bonds. The van der Waals surface area contributed by atoms with Gasteiger partial charge in [-0.25, -0.2) is 8.42 Å². The van der Waals surface area contributed by atoms with Gasteiger partial charge in [-0.05, 0) is 39.8 Å². The monoisotopic (exact) mass is 538 g/mol. The molecule has 1 aliphatic heterocycles. The predicted octanol–water partition coefficient (Wildman–Crippen LogP) is 2.61. The number of benzene rings is 1. The number of halogens is 1. The second-order valence-corrected chi connectivity index (χ2v) is 10.7. The van der Waals surface area contributed by atoms with E-state index in [0.717, 1.165) is 50.1 Å². The number of piperazine rings is 1. The summed E-state index contributed by atoms with van der Waals surface area (Å²) in [5.41, 5.74) is 1.10. The van der Waals surface area contributed by atoms with Crippen LogP contribution in [0.1, 0.15) is 27.7 Å². The van der Waals surface area contributed by atoms with Gasteiger partial charge in [0.2, 0.25) is 0 Å². The number of anilines is 1. The molecule has 0 aromatic heterocycles. The Kier molecular flexibility index (Phi) is 10.0. The Morgan fingerprint density at radius 3 is 2.34 bits per heavy atom. The summed E-state index contributed by atoms with van der Waals surface area (Å²) in [7, 11) is -1.48. The van der Waals surface area contributed by atoms with E-state index in [9.17, 15) is 8.42 Å². The minimum absolute atomic E-state index is 0. The van der Waals surface area contributed by atoms with E-state index in [0.29, 0.717) is 0 Å². The zero-order valence-electron chi connectivity index (χ0n) is 18.1. The molecule has 1 aliphatic rings. The maximum atomic E-state index is 12.3. The Labute approximate surface area is 192 Å². The minimum atomic E-state index is -3.17. The van der Waals surface area contributed by atoms with Crippen molar-refractivity contribution in [2.24, 2.45) is 4.99 Å². The highest BCUT2D eigenvalue weighted by Gasteiger charge is 2.28. The lowest BCUT2D eigenvalue weighted by atomic mass is 10.2. The minimum Gasteiger partial charge on any atom is -0.495 e. The molecule has 1 saturated heterocycles. The van der Waals surface area contributed by atoms with Gasteiger partial charge >= 0.3 is 0 Å². The quantitative estimate of drug-likeness (QED) is 0.341. The summed E-state index contributed by atoms with van der Waals surface area (Å²) in [5, 5.41) is 3.29. The third-order valence-corrected chi connectivity index (χ3v) is 7.48. The van der Waals surface area contributed by atoms with Gasteiger partial charge < -0.3 is 19.9 Å². The van der Waals surface area contributed by atoms with Crippen LogP contribution in [0.5, 0.6) is 5.75 Å². The Bertz CT molecular complexity index is 770. The predicted molar refractivity (Wildman–Crippen MR) is 132 cm³/mol. The molecule has 0 saturated carbocycles. The van der Waals surface area contributed by atoms with Crippen LogP contribution in [0, 0.1) is 0 Å². The molecular weight excluding hydrogens is 503 g/mol. The van der Waals surface area contributed by atoms with Gasteiger partial charge in [-0.1, -0.05) is 12.1 Å². The lowest BCUT2D eigenvalue weighted by Crippen LogP contribution is -2.52.